The summed E-state index contributed by atoms with van der Waals surface area (Å²) in [6, 6.07) is 4.98. The Morgan fingerprint density at radius 2 is 1.82 bits per heavy atom. The third kappa shape index (κ3) is 2.07. The van der Waals surface area contributed by atoms with E-state index in [-0.39, 0.29) is 5.82 Å². The number of piperazine rings is 3. The minimum Gasteiger partial charge on any atom is -0.317 e. The van der Waals surface area contributed by atoms with Crippen LogP contribution in [0.15, 0.2) is 18.2 Å². The first kappa shape index (κ1) is 11.5. The van der Waals surface area contributed by atoms with Crippen LogP contribution >= 0.6 is 11.6 Å². The molecule has 4 rings (SSSR count). The molecule has 3 aliphatic rings. The zero-order valence-corrected chi connectivity index (χ0v) is 10.6. The van der Waals surface area contributed by atoms with E-state index in [1.54, 1.807) is 12.1 Å². The predicted molar refractivity (Wildman–Crippen MR) is 66.4 cm³/mol. The molecule has 2 bridgehead atoms. The van der Waals surface area contributed by atoms with Crippen LogP contribution in [0.4, 0.5) is 4.39 Å². The van der Waals surface area contributed by atoms with Crippen LogP contribution in [-0.4, -0.2) is 48.7 Å². The molecule has 3 fully saturated rings. The molecule has 0 atom stereocenters. The van der Waals surface area contributed by atoms with Crippen molar-refractivity contribution in [2.24, 2.45) is 0 Å². The molecule has 4 heteroatoms. The van der Waals surface area contributed by atoms with Crippen LogP contribution in [-0.2, 0) is 6.54 Å². The summed E-state index contributed by atoms with van der Waals surface area (Å²) in [4.78, 5) is 2.49. The summed E-state index contributed by atoms with van der Waals surface area (Å²) in [5.74, 6) is -0.155. The Balaban J connectivity index is 1.86. The molecule has 2 nitrogen and oxygen atoms in total. The van der Waals surface area contributed by atoms with E-state index in [1.807, 2.05) is 0 Å². The Morgan fingerprint density at radius 1 is 1.18 bits per heavy atom. The van der Waals surface area contributed by atoms with Crippen molar-refractivity contribution < 1.29 is 8.87 Å². The van der Waals surface area contributed by atoms with Gasteiger partial charge in [-0.1, -0.05) is 17.7 Å². The van der Waals surface area contributed by atoms with Gasteiger partial charge >= 0.3 is 0 Å². The molecule has 3 saturated heterocycles. The lowest BCUT2D eigenvalue weighted by atomic mass is 10.1. The zero-order chi connectivity index (χ0) is 11.9. The Hall–Kier alpha value is -0.640. The van der Waals surface area contributed by atoms with Crippen molar-refractivity contribution in [1.29, 1.82) is 0 Å². The molecule has 0 saturated carbocycles. The summed E-state index contributed by atoms with van der Waals surface area (Å²) in [6.07, 6.45) is 0. The minimum atomic E-state index is -0.155. The number of rotatable bonds is 2. The van der Waals surface area contributed by atoms with E-state index in [9.17, 15) is 4.39 Å². The summed E-state index contributed by atoms with van der Waals surface area (Å²) in [6.45, 7) is 7.57. The molecule has 0 aliphatic carbocycles. The van der Waals surface area contributed by atoms with Gasteiger partial charge in [-0.25, -0.2) is 4.39 Å². The Kier molecular flexibility index (Phi) is 2.85. The molecule has 1 aromatic rings. The van der Waals surface area contributed by atoms with E-state index in [4.69, 9.17) is 11.6 Å². The van der Waals surface area contributed by atoms with Crippen LogP contribution in [0.3, 0.4) is 0 Å². The van der Waals surface area contributed by atoms with Crippen molar-refractivity contribution in [3.63, 3.8) is 0 Å². The van der Waals surface area contributed by atoms with Gasteiger partial charge < -0.3 is 4.48 Å². The molecular weight excluding hydrogens is 239 g/mol. The van der Waals surface area contributed by atoms with E-state index < -0.39 is 0 Å². The minimum absolute atomic E-state index is 0.155. The number of quaternary nitrogens is 1. The van der Waals surface area contributed by atoms with Gasteiger partial charge in [0.15, 0.2) is 0 Å². The third-order valence-electron chi connectivity index (χ3n) is 4.23. The average Bonchev–Trinajstić information content (AvgIpc) is 2.36. The Bertz CT molecular complexity index is 393. The van der Waals surface area contributed by atoms with Crippen molar-refractivity contribution in [3.05, 3.63) is 34.6 Å². The summed E-state index contributed by atoms with van der Waals surface area (Å²) in [7, 11) is 0. The highest BCUT2D eigenvalue weighted by molar-refractivity contribution is 6.31. The second-order valence-electron chi connectivity index (χ2n) is 5.21. The molecule has 92 valence electrons. The fourth-order valence-electron chi connectivity index (χ4n) is 2.99. The van der Waals surface area contributed by atoms with Crippen molar-refractivity contribution in [3.8, 4) is 0 Å². The van der Waals surface area contributed by atoms with Gasteiger partial charge in [0.05, 0.1) is 30.2 Å². The second-order valence-corrected chi connectivity index (χ2v) is 5.62. The van der Waals surface area contributed by atoms with Gasteiger partial charge in [0.2, 0.25) is 0 Å². The molecule has 0 amide bonds. The number of hydrogen-bond donors (Lipinski definition) is 0. The summed E-state index contributed by atoms with van der Waals surface area (Å²) in [5.41, 5.74) is 0.699. The monoisotopic (exact) mass is 255 g/mol. The smallest absolute Gasteiger partial charge is 0.133 e. The molecule has 0 spiro atoms. The number of halogens is 2. The van der Waals surface area contributed by atoms with E-state index in [1.165, 1.54) is 6.07 Å². The van der Waals surface area contributed by atoms with Gasteiger partial charge in [-0.05, 0) is 12.1 Å². The first-order valence-corrected chi connectivity index (χ1v) is 6.57. The van der Waals surface area contributed by atoms with Crippen molar-refractivity contribution >= 4 is 11.6 Å². The lowest BCUT2D eigenvalue weighted by Crippen LogP contribution is -2.66. The maximum Gasteiger partial charge on any atom is 0.133 e. The molecule has 3 heterocycles. The standard InChI is InChI=1S/C13H17ClFN2/c14-12-2-1-3-13(15)11(12)10-17-7-4-16(5-8-17)6-9-17/h1-3H,4-10H2/q+1. The molecule has 0 unspecified atom stereocenters. The van der Waals surface area contributed by atoms with E-state index in [0.29, 0.717) is 10.6 Å². The van der Waals surface area contributed by atoms with Crippen LogP contribution in [0, 0.1) is 5.82 Å². The van der Waals surface area contributed by atoms with Crippen LogP contribution in [0.5, 0.6) is 0 Å². The van der Waals surface area contributed by atoms with Gasteiger partial charge in [0.1, 0.15) is 12.4 Å². The largest absolute Gasteiger partial charge is 0.317 e. The third-order valence-corrected chi connectivity index (χ3v) is 4.58. The molecule has 17 heavy (non-hydrogen) atoms. The Labute approximate surface area is 106 Å². The fourth-order valence-corrected chi connectivity index (χ4v) is 3.21. The number of fused-ring (bicyclic) bond motifs is 3. The van der Waals surface area contributed by atoms with Gasteiger partial charge in [-0.2, -0.15) is 0 Å². The highest BCUT2D eigenvalue weighted by Crippen LogP contribution is 2.28. The van der Waals surface area contributed by atoms with Crippen LogP contribution in [0.25, 0.3) is 0 Å². The summed E-state index contributed by atoms with van der Waals surface area (Å²) < 4.78 is 14.8. The van der Waals surface area contributed by atoms with Gasteiger partial charge in [0.25, 0.3) is 0 Å². The Morgan fingerprint density at radius 3 is 2.41 bits per heavy atom. The SMILES string of the molecule is Fc1cccc(Cl)c1C[N+]12CCN(CC1)CC2. The van der Waals surface area contributed by atoms with Crippen molar-refractivity contribution in [1.82, 2.24) is 4.90 Å². The summed E-state index contributed by atoms with van der Waals surface area (Å²) in [5, 5.41) is 0.575. The van der Waals surface area contributed by atoms with Crippen molar-refractivity contribution in [2.45, 2.75) is 6.54 Å². The van der Waals surface area contributed by atoms with E-state index >= 15 is 0 Å². The van der Waals surface area contributed by atoms with Crippen LogP contribution < -0.4 is 0 Å². The van der Waals surface area contributed by atoms with Gasteiger partial charge in [-0.15, -0.1) is 0 Å². The highest BCUT2D eigenvalue weighted by Gasteiger charge is 2.39. The van der Waals surface area contributed by atoms with E-state index in [2.05, 4.69) is 4.90 Å². The van der Waals surface area contributed by atoms with Crippen LogP contribution in [0.1, 0.15) is 5.56 Å². The maximum atomic E-state index is 13.8. The molecule has 0 radical (unpaired) electrons. The van der Waals surface area contributed by atoms with Crippen molar-refractivity contribution in [2.75, 3.05) is 39.3 Å². The molecule has 0 aromatic heterocycles. The topological polar surface area (TPSA) is 3.24 Å². The lowest BCUT2D eigenvalue weighted by molar-refractivity contribution is -0.953. The quantitative estimate of drug-likeness (QED) is 0.732. The molecule has 3 aliphatic heterocycles. The number of hydrogen-bond acceptors (Lipinski definition) is 1. The fraction of sp³-hybridized carbons (Fsp3) is 0.538. The second kappa shape index (κ2) is 4.23. The van der Waals surface area contributed by atoms with Gasteiger partial charge in [-0.3, -0.25) is 4.90 Å². The predicted octanol–water partition coefficient (Wildman–Crippen LogP) is 2.13. The first-order chi connectivity index (χ1) is 8.19. The molecular formula is C13H17ClFN2+. The normalized spacial score (nSPS) is 31.8. The lowest BCUT2D eigenvalue weighted by Gasteiger charge is -2.50. The summed E-state index contributed by atoms with van der Waals surface area (Å²) >= 11 is 6.12. The van der Waals surface area contributed by atoms with Gasteiger partial charge in [0, 0.05) is 19.6 Å². The van der Waals surface area contributed by atoms with E-state index in [0.717, 1.165) is 50.3 Å². The van der Waals surface area contributed by atoms with Crippen LogP contribution in [0.2, 0.25) is 5.02 Å². The highest BCUT2D eigenvalue weighted by atomic mass is 35.5. The number of benzene rings is 1. The molecule has 0 N–H and O–H groups in total. The first-order valence-electron chi connectivity index (χ1n) is 6.19. The number of nitrogens with zero attached hydrogens (tertiary/aromatic N) is 2. The molecule has 1 aromatic carbocycles. The maximum absolute atomic E-state index is 13.8. The zero-order valence-electron chi connectivity index (χ0n) is 9.83. The average molecular weight is 256 g/mol.